The Labute approximate surface area is 131 Å². The Bertz CT molecular complexity index is 578. The van der Waals surface area contributed by atoms with Crippen molar-refractivity contribution in [1.82, 2.24) is 10.2 Å². The second-order valence-electron chi connectivity index (χ2n) is 5.51. The van der Waals surface area contributed by atoms with E-state index in [0.717, 1.165) is 53.7 Å². The van der Waals surface area contributed by atoms with E-state index in [-0.39, 0.29) is 0 Å². The molecule has 0 aliphatic carbocycles. The zero-order chi connectivity index (χ0) is 15.2. The molecular weight excluding hydrogens is 284 g/mol. The van der Waals surface area contributed by atoms with Gasteiger partial charge < -0.3 is 14.6 Å². The van der Waals surface area contributed by atoms with E-state index in [4.69, 9.17) is 16.0 Å². The fourth-order valence-corrected chi connectivity index (χ4v) is 2.40. The SMILES string of the molecule is Cc1c(Cl)cccc1-c1ccc(CNCCCN(C)C)o1. The van der Waals surface area contributed by atoms with Crippen molar-refractivity contribution in [3.63, 3.8) is 0 Å². The molecular formula is C17H23ClN2O. The second kappa shape index (κ2) is 7.64. The third-order valence-corrected chi connectivity index (χ3v) is 3.86. The molecule has 0 amide bonds. The smallest absolute Gasteiger partial charge is 0.134 e. The first kappa shape index (κ1) is 16.1. The highest BCUT2D eigenvalue weighted by Gasteiger charge is 2.09. The number of hydrogen-bond acceptors (Lipinski definition) is 3. The maximum atomic E-state index is 6.16. The molecule has 0 radical (unpaired) electrons. The molecule has 0 fully saturated rings. The van der Waals surface area contributed by atoms with Gasteiger partial charge in [0.15, 0.2) is 0 Å². The number of halogens is 1. The Morgan fingerprint density at radius 1 is 1.19 bits per heavy atom. The Hall–Kier alpha value is -1.29. The lowest BCUT2D eigenvalue weighted by atomic mass is 10.1. The Morgan fingerprint density at radius 2 is 2.00 bits per heavy atom. The summed E-state index contributed by atoms with van der Waals surface area (Å²) in [5, 5.41) is 4.17. The standard InChI is InChI=1S/C17H23ClN2O/c1-13-15(6-4-7-16(13)18)17-9-8-14(21-17)12-19-10-5-11-20(2)3/h4,6-9,19H,5,10-12H2,1-3H3. The molecule has 1 aromatic heterocycles. The fraction of sp³-hybridized carbons (Fsp3) is 0.412. The van der Waals surface area contributed by atoms with Gasteiger partial charge >= 0.3 is 0 Å². The third kappa shape index (κ3) is 4.60. The zero-order valence-corrected chi connectivity index (χ0v) is 13.7. The average molecular weight is 307 g/mol. The summed E-state index contributed by atoms with van der Waals surface area (Å²) in [5.74, 6) is 1.83. The summed E-state index contributed by atoms with van der Waals surface area (Å²) in [4.78, 5) is 2.19. The topological polar surface area (TPSA) is 28.4 Å². The van der Waals surface area contributed by atoms with Crippen LogP contribution in [-0.2, 0) is 6.54 Å². The van der Waals surface area contributed by atoms with Crippen LogP contribution in [0.4, 0.5) is 0 Å². The molecule has 2 aromatic rings. The number of nitrogens with one attached hydrogen (secondary N) is 1. The minimum absolute atomic E-state index is 0.757. The molecule has 0 spiro atoms. The van der Waals surface area contributed by atoms with Gasteiger partial charge in [-0.2, -0.15) is 0 Å². The van der Waals surface area contributed by atoms with Crippen molar-refractivity contribution >= 4 is 11.6 Å². The molecule has 1 heterocycles. The largest absolute Gasteiger partial charge is 0.460 e. The van der Waals surface area contributed by atoms with Gasteiger partial charge in [0.2, 0.25) is 0 Å². The van der Waals surface area contributed by atoms with Gasteiger partial charge in [0.05, 0.1) is 6.54 Å². The maximum Gasteiger partial charge on any atom is 0.134 e. The molecule has 0 bridgehead atoms. The fourth-order valence-electron chi connectivity index (χ4n) is 2.22. The summed E-state index contributed by atoms with van der Waals surface area (Å²) in [6.45, 7) is 4.86. The van der Waals surface area contributed by atoms with E-state index in [1.54, 1.807) is 0 Å². The van der Waals surface area contributed by atoms with Crippen LogP contribution in [0.1, 0.15) is 17.7 Å². The molecule has 21 heavy (non-hydrogen) atoms. The molecule has 0 aliphatic rings. The van der Waals surface area contributed by atoms with Gasteiger partial charge in [-0.1, -0.05) is 23.7 Å². The predicted molar refractivity (Wildman–Crippen MR) is 88.8 cm³/mol. The van der Waals surface area contributed by atoms with Gasteiger partial charge in [0.25, 0.3) is 0 Å². The van der Waals surface area contributed by atoms with Crippen molar-refractivity contribution in [2.24, 2.45) is 0 Å². The Morgan fingerprint density at radius 3 is 2.76 bits per heavy atom. The van der Waals surface area contributed by atoms with E-state index in [1.807, 2.05) is 37.3 Å². The molecule has 0 unspecified atom stereocenters. The lowest BCUT2D eigenvalue weighted by Gasteiger charge is -2.09. The molecule has 0 saturated carbocycles. The molecule has 0 saturated heterocycles. The lowest BCUT2D eigenvalue weighted by Crippen LogP contribution is -2.20. The van der Waals surface area contributed by atoms with E-state index in [2.05, 4.69) is 24.3 Å². The van der Waals surface area contributed by atoms with Crippen LogP contribution in [0.25, 0.3) is 11.3 Å². The number of nitrogens with zero attached hydrogens (tertiary/aromatic N) is 1. The van der Waals surface area contributed by atoms with Crippen LogP contribution in [-0.4, -0.2) is 32.1 Å². The zero-order valence-electron chi connectivity index (χ0n) is 12.9. The molecule has 0 atom stereocenters. The number of benzene rings is 1. The summed E-state index contributed by atoms with van der Waals surface area (Å²) in [6.07, 6.45) is 1.13. The van der Waals surface area contributed by atoms with Crippen LogP contribution in [0.5, 0.6) is 0 Å². The highest BCUT2D eigenvalue weighted by atomic mass is 35.5. The number of rotatable bonds is 7. The van der Waals surface area contributed by atoms with Gasteiger partial charge in [-0.05, 0) is 64.3 Å². The molecule has 4 heteroatoms. The lowest BCUT2D eigenvalue weighted by molar-refractivity contribution is 0.391. The van der Waals surface area contributed by atoms with Crippen LogP contribution in [0.2, 0.25) is 5.02 Å². The first-order valence-corrected chi connectivity index (χ1v) is 7.65. The van der Waals surface area contributed by atoms with Crippen molar-refractivity contribution in [2.75, 3.05) is 27.2 Å². The van der Waals surface area contributed by atoms with Crippen molar-refractivity contribution < 1.29 is 4.42 Å². The maximum absolute atomic E-state index is 6.16. The summed E-state index contributed by atoms with van der Waals surface area (Å²) >= 11 is 6.16. The van der Waals surface area contributed by atoms with E-state index in [0.29, 0.717) is 0 Å². The number of furan rings is 1. The third-order valence-electron chi connectivity index (χ3n) is 3.45. The van der Waals surface area contributed by atoms with Crippen LogP contribution in [0, 0.1) is 6.92 Å². The van der Waals surface area contributed by atoms with Crippen molar-refractivity contribution in [3.8, 4) is 11.3 Å². The van der Waals surface area contributed by atoms with Crippen molar-refractivity contribution in [1.29, 1.82) is 0 Å². The van der Waals surface area contributed by atoms with E-state index < -0.39 is 0 Å². The van der Waals surface area contributed by atoms with E-state index in [9.17, 15) is 0 Å². The highest BCUT2D eigenvalue weighted by Crippen LogP contribution is 2.29. The predicted octanol–water partition coefficient (Wildman–Crippen LogP) is 3.95. The number of hydrogen-bond donors (Lipinski definition) is 1. The average Bonchev–Trinajstić information content (AvgIpc) is 2.90. The van der Waals surface area contributed by atoms with Crippen LogP contribution >= 0.6 is 11.6 Å². The van der Waals surface area contributed by atoms with Crippen LogP contribution < -0.4 is 5.32 Å². The molecule has 3 nitrogen and oxygen atoms in total. The molecule has 2 rings (SSSR count). The molecule has 0 aliphatic heterocycles. The molecule has 1 N–H and O–H groups in total. The van der Waals surface area contributed by atoms with Gasteiger partial charge in [-0.3, -0.25) is 0 Å². The molecule has 1 aromatic carbocycles. The van der Waals surface area contributed by atoms with E-state index >= 15 is 0 Å². The van der Waals surface area contributed by atoms with Crippen LogP contribution in [0.15, 0.2) is 34.7 Å². The first-order valence-electron chi connectivity index (χ1n) is 7.27. The second-order valence-corrected chi connectivity index (χ2v) is 5.92. The van der Waals surface area contributed by atoms with Gasteiger partial charge in [-0.15, -0.1) is 0 Å². The minimum atomic E-state index is 0.757. The highest BCUT2D eigenvalue weighted by molar-refractivity contribution is 6.31. The van der Waals surface area contributed by atoms with E-state index in [1.165, 1.54) is 0 Å². The van der Waals surface area contributed by atoms with Gasteiger partial charge in [0, 0.05) is 10.6 Å². The van der Waals surface area contributed by atoms with Crippen LogP contribution in [0.3, 0.4) is 0 Å². The monoisotopic (exact) mass is 306 g/mol. The Balaban J connectivity index is 1.91. The summed E-state index contributed by atoms with van der Waals surface area (Å²) in [7, 11) is 4.18. The Kier molecular flexibility index (Phi) is 5.85. The quantitative estimate of drug-likeness (QED) is 0.785. The minimum Gasteiger partial charge on any atom is -0.460 e. The molecule has 114 valence electrons. The van der Waals surface area contributed by atoms with Gasteiger partial charge in [0.1, 0.15) is 11.5 Å². The summed E-state index contributed by atoms with van der Waals surface area (Å²) in [6, 6.07) is 9.92. The normalized spacial score (nSPS) is 11.3. The summed E-state index contributed by atoms with van der Waals surface area (Å²) in [5.41, 5.74) is 2.11. The van der Waals surface area contributed by atoms with Crippen molar-refractivity contribution in [3.05, 3.63) is 46.7 Å². The van der Waals surface area contributed by atoms with Gasteiger partial charge in [-0.25, -0.2) is 0 Å². The summed E-state index contributed by atoms with van der Waals surface area (Å²) < 4.78 is 5.90. The van der Waals surface area contributed by atoms with Crippen molar-refractivity contribution in [2.45, 2.75) is 19.9 Å². The first-order chi connectivity index (χ1) is 10.1.